The van der Waals surface area contributed by atoms with Gasteiger partial charge in [-0.25, -0.2) is 4.79 Å². The van der Waals surface area contributed by atoms with Gasteiger partial charge < -0.3 is 14.6 Å². The van der Waals surface area contributed by atoms with Crippen LogP contribution in [0, 0.1) is 17.0 Å². The van der Waals surface area contributed by atoms with Crippen LogP contribution >= 0.6 is 0 Å². The zero-order valence-corrected chi connectivity index (χ0v) is 12.3. The maximum Gasteiger partial charge on any atom is 0.339 e. The predicted octanol–water partition coefficient (Wildman–Crippen LogP) is 2.08. The van der Waals surface area contributed by atoms with E-state index in [0.717, 1.165) is 6.07 Å². The molecule has 2 aromatic rings. The predicted molar refractivity (Wildman–Crippen MR) is 77.8 cm³/mol. The molecule has 0 spiro atoms. The molecule has 120 valence electrons. The molecule has 0 aliphatic heterocycles. The van der Waals surface area contributed by atoms with E-state index in [1.165, 1.54) is 31.2 Å². The lowest BCUT2D eigenvalue weighted by atomic mass is 10.2. The molecule has 9 nitrogen and oxygen atoms in total. The number of nitrogens with zero attached hydrogens (tertiary/aromatic N) is 2. The number of anilines is 1. The van der Waals surface area contributed by atoms with Crippen molar-refractivity contribution in [3.05, 3.63) is 51.8 Å². The van der Waals surface area contributed by atoms with Crippen LogP contribution in [0.15, 0.2) is 34.9 Å². The van der Waals surface area contributed by atoms with Crippen molar-refractivity contribution < 1.29 is 23.8 Å². The fourth-order valence-electron chi connectivity index (χ4n) is 1.68. The van der Waals surface area contributed by atoms with Crippen LogP contribution in [0.2, 0.25) is 0 Å². The van der Waals surface area contributed by atoms with Crippen molar-refractivity contribution in [2.45, 2.75) is 20.0 Å². The van der Waals surface area contributed by atoms with Crippen molar-refractivity contribution in [3.63, 3.8) is 0 Å². The maximum absolute atomic E-state index is 11.9. The number of rotatable bonds is 5. The summed E-state index contributed by atoms with van der Waals surface area (Å²) in [4.78, 5) is 33.9. The quantitative estimate of drug-likeness (QED) is 0.508. The minimum atomic E-state index is -1.11. The molecule has 1 aromatic heterocycles. The van der Waals surface area contributed by atoms with Gasteiger partial charge in [-0.15, -0.1) is 0 Å². The van der Waals surface area contributed by atoms with Crippen molar-refractivity contribution in [3.8, 4) is 0 Å². The van der Waals surface area contributed by atoms with E-state index in [-0.39, 0.29) is 17.1 Å². The molecule has 9 heteroatoms. The Hall–Kier alpha value is -3.23. The molecule has 1 unspecified atom stereocenters. The number of carbonyl (C=O) groups is 2. The molecule has 1 heterocycles. The number of benzene rings is 1. The molecule has 1 atom stereocenters. The Morgan fingerprint density at radius 1 is 1.39 bits per heavy atom. The van der Waals surface area contributed by atoms with E-state index in [0.29, 0.717) is 5.76 Å². The molecule has 0 aliphatic carbocycles. The zero-order chi connectivity index (χ0) is 17.0. The Morgan fingerprint density at radius 3 is 2.74 bits per heavy atom. The number of ether oxygens (including phenoxy) is 1. The van der Waals surface area contributed by atoms with E-state index in [1.807, 2.05) is 0 Å². The molecule has 0 saturated carbocycles. The minimum Gasteiger partial charge on any atom is -0.449 e. The Labute approximate surface area is 130 Å². The Kier molecular flexibility index (Phi) is 4.69. The number of aryl methyl sites for hydroxylation is 1. The molecule has 1 amide bonds. The molecule has 23 heavy (non-hydrogen) atoms. The van der Waals surface area contributed by atoms with Gasteiger partial charge in [0.05, 0.1) is 10.5 Å². The molecular weight excluding hydrogens is 306 g/mol. The molecule has 0 bridgehead atoms. The largest absolute Gasteiger partial charge is 0.449 e. The summed E-state index contributed by atoms with van der Waals surface area (Å²) < 4.78 is 9.77. The molecular formula is C14H13N3O6. The number of nitro benzene ring substituents is 1. The number of hydrogen-bond acceptors (Lipinski definition) is 7. The van der Waals surface area contributed by atoms with Gasteiger partial charge in [0, 0.05) is 18.2 Å². The first-order chi connectivity index (χ1) is 10.9. The second-order valence-corrected chi connectivity index (χ2v) is 4.67. The number of nitrogens with one attached hydrogen (secondary N) is 1. The van der Waals surface area contributed by atoms with E-state index in [1.54, 1.807) is 6.92 Å². The molecule has 0 fully saturated rings. The van der Waals surface area contributed by atoms with Crippen LogP contribution in [0.5, 0.6) is 0 Å². The van der Waals surface area contributed by atoms with Gasteiger partial charge in [-0.3, -0.25) is 14.9 Å². The van der Waals surface area contributed by atoms with E-state index < -0.39 is 22.9 Å². The number of esters is 1. The topological polar surface area (TPSA) is 125 Å². The zero-order valence-electron chi connectivity index (χ0n) is 12.3. The van der Waals surface area contributed by atoms with Crippen LogP contribution < -0.4 is 5.32 Å². The molecule has 1 aromatic carbocycles. The number of non-ortho nitro benzene ring substituents is 1. The lowest BCUT2D eigenvalue weighted by Crippen LogP contribution is -2.30. The summed E-state index contributed by atoms with van der Waals surface area (Å²) in [5, 5.41) is 16.7. The number of amides is 1. The van der Waals surface area contributed by atoms with Gasteiger partial charge in [0.2, 0.25) is 0 Å². The summed E-state index contributed by atoms with van der Waals surface area (Å²) in [5.41, 5.74) is -0.259. The van der Waals surface area contributed by atoms with Gasteiger partial charge in [-0.05, 0) is 19.9 Å². The Balaban J connectivity index is 2.00. The number of nitro groups is 1. The third kappa shape index (κ3) is 4.13. The average Bonchev–Trinajstić information content (AvgIpc) is 2.92. The van der Waals surface area contributed by atoms with Crippen LogP contribution in [0.3, 0.4) is 0 Å². The van der Waals surface area contributed by atoms with Gasteiger partial charge in [-0.2, -0.15) is 0 Å². The smallest absolute Gasteiger partial charge is 0.339 e. The van der Waals surface area contributed by atoms with E-state index in [2.05, 4.69) is 10.5 Å². The summed E-state index contributed by atoms with van der Waals surface area (Å²) in [6, 6.07) is 6.55. The first kappa shape index (κ1) is 16.1. The van der Waals surface area contributed by atoms with Crippen molar-refractivity contribution >= 4 is 23.4 Å². The molecule has 1 N–H and O–H groups in total. The minimum absolute atomic E-state index is 0.0175. The van der Waals surface area contributed by atoms with Gasteiger partial charge in [0.15, 0.2) is 11.9 Å². The second-order valence-electron chi connectivity index (χ2n) is 4.67. The highest BCUT2D eigenvalue weighted by molar-refractivity contribution is 5.97. The summed E-state index contributed by atoms with van der Waals surface area (Å²) in [6.45, 7) is 3.03. The van der Waals surface area contributed by atoms with Gasteiger partial charge >= 0.3 is 5.97 Å². The highest BCUT2D eigenvalue weighted by Crippen LogP contribution is 2.15. The summed E-state index contributed by atoms with van der Waals surface area (Å²) in [7, 11) is 0. The van der Waals surface area contributed by atoms with Crippen molar-refractivity contribution in [1.82, 2.24) is 5.16 Å². The third-order valence-electron chi connectivity index (χ3n) is 2.82. The summed E-state index contributed by atoms with van der Waals surface area (Å²) in [6.07, 6.45) is -1.11. The average molecular weight is 319 g/mol. The van der Waals surface area contributed by atoms with E-state index >= 15 is 0 Å². The molecule has 2 rings (SSSR count). The normalized spacial score (nSPS) is 11.6. The van der Waals surface area contributed by atoms with Gasteiger partial charge in [-0.1, -0.05) is 11.2 Å². The molecule has 0 saturated heterocycles. The highest BCUT2D eigenvalue weighted by Gasteiger charge is 2.21. The third-order valence-corrected chi connectivity index (χ3v) is 2.82. The van der Waals surface area contributed by atoms with E-state index in [4.69, 9.17) is 9.26 Å². The maximum atomic E-state index is 11.9. The Morgan fingerprint density at radius 2 is 2.13 bits per heavy atom. The first-order valence-electron chi connectivity index (χ1n) is 6.56. The lowest BCUT2D eigenvalue weighted by molar-refractivity contribution is -0.384. The molecule has 0 aliphatic rings. The Bertz CT molecular complexity index is 754. The van der Waals surface area contributed by atoms with Crippen LogP contribution in [-0.2, 0) is 9.53 Å². The monoisotopic (exact) mass is 319 g/mol. The van der Waals surface area contributed by atoms with Crippen LogP contribution in [0.4, 0.5) is 11.5 Å². The van der Waals surface area contributed by atoms with Crippen molar-refractivity contribution in [2.24, 2.45) is 0 Å². The standard InChI is InChI=1S/C14H13N3O6/c1-8-6-12(16-23-8)15-13(18)9(2)22-14(19)10-4-3-5-11(7-10)17(20)21/h3-7,9H,1-2H3,(H,15,16,18). The number of hydrogen-bond donors (Lipinski definition) is 1. The highest BCUT2D eigenvalue weighted by atomic mass is 16.6. The fraction of sp³-hybridized carbons (Fsp3) is 0.214. The van der Waals surface area contributed by atoms with Crippen LogP contribution in [0.25, 0.3) is 0 Å². The van der Waals surface area contributed by atoms with Crippen molar-refractivity contribution in [2.75, 3.05) is 5.32 Å². The summed E-state index contributed by atoms with van der Waals surface area (Å²) in [5.74, 6) is -0.725. The second kappa shape index (κ2) is 6.69. The SMILES string of the molecule is Cc1cc(NC(=O)C(C)OC(=O)c2cccc([N+](=O)[O-])c2)no1. The van der Waals surface area contributed by atoms with Crippen LogP contribution in [-0.4, -0.2) is 28.1 Å². The van der Waals surface area contributed by atoms with Gasteiger partial charge in [0.25, 0.3) is 11.6 Å². The first-order valence-corrected chi connectivity index (χ1v) is 6.56. The molecule has 0 radical (unpaired) electrons. The van der Waals surface area contributed by atoms with Crippen LogP contribution in [0.1, 0.15) is 23.0 Å². The number of aromatic nitrogens is 1. The van der Waals surface area contributed by atoms with E-state index in [9.17, 15) is 19.7 Å². The lowest BCUT2D eigenvalue weighted by Gasteiger charge is -2.12. The van der Waals surface area contributed by atoms with Crippen molar-refractivity contribution in [1.29, 1.82) is 0 Å². The number of carbonyl (C=O) groups excluding carboxylic acids is 2. The van der Waals surface area contributed by atoms with Gasteiger partial charge in [0.1, 0.15) is 5.76 Å². The fourth-order valence-corrected chi connectivity index (χ4v) is 1.68. The summed E-state index contributed by atoms with van der Waals surface area (Å²) >= 11 is 0.